The normalized spacial score (nSPS) is 22.1. The monoisotopic (exact) mass is 439 g/mol. The molecule has 1 atom stereocenters. The van der Waals surface area contributed by atoms with Gasteiger partial charge in [0, 0.05) is 10.9 Å². The fourth-order valence-corrected chi connectivity index (χ4v) is 6.00. The van der Waals surface area contributed by atoms with E-state index in [4.69, 9.17) is 4.42 Å². The number of rotatable bonds is 5. The number of furan rings is 1. The number of aryl methyl sites for hydroxylation is 1. The lowest BCUT2D eigenvalue weighted by Gasteiger charge is -2.44. The minimum Gasteiger partial charge on any atom is -0.467 e. The number of carbonyl (C=O) groups is 2. The minimum absolute atomic E-state index is 0.0715. The molecule has 0 unspecified atom stereocenters. The van der Waals surface area contributed by atoms with Crippen molar-refractivity contribution in [3.8, 4) is 0 Å². The van der Waals surface area contributed by atoms with Crippen molar-refractivity contribution in [2.75, 3.05) is 0 Å². The van der Waals surface area contributed by atoms with Crippen molar-refractivity contribution in [3.63, 3.8) is 0 Å². The Labute approximate surface area is 186 Å². The smallest absolute Gasteiger partial charge is 0.271 e. The summed E-state index contributed by atoms with van der Waals surface area (Å²) in [6.07, 6.45) is 8.12. The molecule has 4 heterocycles. The largest absolute Gasteiger partial charge is 0.467 e. The maximum absolute atomic E-state index is 13.7. The summed E-state index contributed by atoms with van der Waals surface area (Å²) in [5, 5.41) is 3.27. The summed E-state index contributed by atoms with van der Waals surface area (Å²) in [7, 11) is 0. The Balaban J connectivity index is 1.54. The molecule has 1 aliphatic heterocycles. The van der Waals surface area contributed by atoms with E-state index >= 15 is 0 Å². The molecule has 0 radical (unpaired) electrons. The van der Waals surface area contributed by atoms with Crippen LogP contribution in [0.15, 0.2) is 34.9 Å². The van der Waals surface area contributed by atoms with Crippen LogP contribution < -0.4 is 5.32 Å². The molecule has 5 rings (SSSR count). The molecule has 3 aromatic heterocycles. The van der Waals surface area contributed by atoms with Crippen LogP contribution in [0.4, 0.5) is 0 Å². The van der Waals surface area contributed by atoms with Crippen LogP contribution in [-0.2, 0) is 24.3 Å². The summed E-state index contributed by atoms with van der Waals surface area (Å²) < 4.78 is 8.69. The van der Waals surface area contributed by atoms with Crippen molar-refractivity contribution in [2.24, 2.45) is 0 Å². The predicted octanol–water partition coefficient (Wildman–Crippen LogP) is 4.72. The quantitative estimate of drug-likeness (QED) is 0.625. The van der Waals surface area contributed by atoms with Crippen LogP contribution in [0.3, 0.4) is 0 Å². The van der Waals surface area contributed by atoms with Gasteiger partial charge in [-0.3, -0.25) is 9.59 Å². The molecule has 31 heavy (non-hydrogen) atoms. The van der Waals surface area contributed by atoms with E-state index in [1.807, 2.05) is 29.7 Å². The number of amides is 2. The lowest BCUT2D eigenvalue weighted by atomic mass is 9.91. The van der Waals surface area contributed by atoms with Gasteiger partial charge in [0.2, 0.25) is 5.91 Å². The van der Waals surface area contributed by atoms with Crippen LogP contribution in [-0.4, -0.2) is 32.9 Å². The Morgan fingerprint density at radius 3 is 2.81 bits per heavy atom. The maximum atomic E-state index is 13.7. The van der Waals surface area contributed by atoms with Gasteiger partial charge in [0.05, 0.1) is 29.6 Å². The highest BCUT2D eigenvalue weighted by Gasteiger charge is 2.48. The zero-order valence-electron chi connectivity index (χ0n) is 18.1. The van der Waals surface area contributed by atoms with Crippen LogP contribution in [0.5, 0.6) is 0 Å². The first-order valence-electron chi connectivity index (χ1n) is 11.3. The average molecular weight is 440 g/mol. The van der Waals surface area contributed by atoms with Gasteiger partial charge in [-0.1, -0.05) is 26.2 Å². The van der Waals surface area contributed by atoms with Crippen LogP contribution in [0, 0.1) is 0 Å². The number of carbonyl (C=O) groups excluding carboxylic acids is 2. The van der Waals surface area contributed by atoms with E-state index < -0.39 is 5.54 Å². The molecule has 1 N–H and O–H groups in total. The summed E-state index contributed by atoms with van der Waals surface area (Å²) in [6, 6.07) is 8.01. The number of hydrogen-bond donors (Lipinski definition) is 1. The zero-order valence-corrected chi connectivity index (χ0v) is 19.0. The second kappa shape index (κ2) is 7.86. The molecule has 164 valence electrons. The van der Waals surface area contributed by atoms with Gasteiger partial charge in [-0.05, 0) is 50.5 Å². The van der Waals surface area contributed by atoms with E-state index in [0.29, 0.717) is 18.0 Å². The van der Waals surface area contributed by atoms with Gasteiger partial charge in [-0.15, -0.1) is 11.3 Å². The first-order valence-corrected chi connectivity index (χ1v) is 12.1. The highest BCUT2D eigenvalue weighted by molar-refractivity contribution is 7.19. The van der Waals surface area contributed by atoms with Crippen molar-refractivity contribution in [1.29, 1.82) is 0 Å². The summed E-state index contributed by atoms with van der Waals surface area (Å²) in [6.45, 7) is 4.75. The van der Waals surface area contributed by atoms with Gasteiger partial charge in [-0.2, -0.15) is 0 Å². The van der Waals surface area contributed by atoms with Crippen molar-refractivity contribution in [2.45, 2.75) is 77.0 Å². The third-order valence-corrected chi connectivity index (χ3v) is 8.05. The third kappa shape index (κ3) is 3.49. The summed E-state index contributed by atoms with van der Waals surface area (Å²) in [5.41, 5.74) is 0.715. The standard InChI is InChI=1S/C24H29N3O3S/c1-3-18-12-19-21(31-18)13-20-22(28)27(14-17-10-7-11-30-17)24(2,15-26(19)20)23(29)25-16-8-5-4-6-9-16/h7,10-13,16H,3-6,8-9,14-15H2,1-2H3,(H,25,29)/t24-/m0/s1. The van der Waals surface area contributed by atoms with E-state index in [1.165, 1.54) is 11.3 Å². The van der Waals surface area contributed by atoms with Gasteiger partial charge < -0.3 is 19.2 Å². The lowest BCUT2D eigenvalue weighted by molar-refractivity contribution is -0.134. The Kier molecular flexibility index (Phi) is 5.16. The molecular weight excluding hydrogens is 410 g/mol. The van der Waals surface area contributed by atoms with E-state index in [-0.39, 0.29) is 24.4 Å². The summed E-state index contributed by atoms with van der Waals surface area (Å²) >= 11 is 1.73. The Hall–Kier alpha value is -2.54. The molecule has 7 heteroatoms. The van der Waals surface area contributed by atoms with E-state index in [0.717, 1.165) is 42.3 Å². The fourth-order valence-electron chi connectivity index (χ4n) is 4.96. The Morgan fingerprint density at radius 1 is 1.29 bits per heavy atom. The van der Waals surface area contributed by atoms with Crippen molar-refractivity contribution >= 4 is 33.4 Å². The highest BCUT2D eigenvalue weighted by atomic mass is 32.1. The molecular formula is C24H29N3O3S. The second-order valence-electron chi connectivity index (χ2n) is 8.98. The van der Waals surface area contributed by atoms with Crippen molar-refractivity contribution < 1.29 is 14.0 Å². The van der Waals surface area contributed by atoms with E-state index in [1.54, 1.807) is 22.5 Å². The summed E-state index contributed by atoms with van der Waals surface area (Å²) in [5.74, 6) is 0.489. The predicted molar refractivity (Wildman–Crippen MR) is 121 cm³/mol. The molecule has 1 fully saturated rings. The molecule has 1 saturated carbocycles. The molecule has 6 nitrogen and oxygen atoms in total. The fraction of sp³-hybridized carbons (Fsp3) is 0.500. The van der Waals surface area contributed by atoms with Gasteiger partial charge in [0.25, 0.3) is 5.91 Å². The third-order valence-electron chi connectivity index (χ3n) is 6.84. The SMILES string of the molecule is CCc1cc2c(cc3n2C[C@@](C)(C(=O)NC2CCCCC2)N(Cc2ccco2)C3=O)s1. The molecule has 3 aromatic rings. The van der Waals surface area contributed by atoms with Gasteiger partial charge in [0.15, 0.2) is 0 Å². The van der Waals surface area contributed by atoms with E-state index in [2.05, 4.69) is 18.3 Å². The van der Waals surface area contributed by atoms with Crippen molar-refractivity contribution in [3.05, 3.63) is 46.9 Å². The molecule has 0 bridgehead atoms. The summed E-state index contributed by atoms with van der Waals surface area (Å²) in [4.78, 5) is 30.3. The number of aromatic nitrogens is 1. The first-order chi connectivity index (χ1) is 15.0. The van der Waals surface area contributed by atoms with Crippen LogP contribution in [0.1, 0.15) is 67.1 Å². The van der Waals surface area contributed by atoms with Crippen LogP contribution >= 0.6 is 11.3 Å². The second-order valence-corrected chi connectivity index (χ2v) is 10.2. The molecule has 2 aliphatic rings. The Bertz CT molecular complexity index is 1110. The lowest BCUT2D eigenvalue weighted by Crippen LogP contribution is -2.64. The molecule has 0 saturated heterocycles. The number of thiophene rings is 1. The highest BCUT2D eigenvalue weighted by Crippen LogP contribution is 2.37. The van der Waals surface area contributed by atoms with E-state index in [9.17, 15) is 9.59 Å². The molecule has 0 aromatic carbocycles. The van der Waals surface area contributed by atoms with Crippen LogP contribution in [0.25, 0.3) is 10.2 Å². The zero-order chi connectivity index (χ0) is 21.6. The van der Waals surface area contributed by atoms with Gasteiger partial charge in [0.1, 0.15) is 17.0 Å². The van der Waals surface area contributed by atoms with Crippen molar-refractivity contribution in [1.82, 2.24) is 14.8 Å². The topological polar surface area (TPSA) is 67.5 Å². The molecule has 2 amide bonds. The molecule has 0 spiro atoms. The number of nitrogens with zero attached hydrogens (tertiary/aromatic N) is 2. The average Bonchev–Trinajstić information content (AvgIpc) is 3.49. The van der Waals surface area contributed by atoms with Crippen LogP contribution in [0.2, 0.25) is 0 Å². The first kappa shape index (κ1) is 20.4. The number of nitrogens with one attached hydrogen (secondary N) is 1. The van der Waals surface area contributed by atoms with Gasteiger partial charge >= 0.3 is 0 Å². The Morgan fingerprint density at radius 2 is 2.10 bits per heavy atom. The number of fused-ring (bicyclic) bond motifs is 3. The van der Waals surface area contributed by atoms with Gasteiger partial charge in [-0.25, -0.2) is 0 Å². The molecule has 1 aliphatic carbocycles. The maximum Gasteiger partial charge on any atom is 0.271 e. The minimum atomic E-state index is -0.991. The number of hydrogen-bond acceptors (Lipinski definition) is 4.